The minimum Gasteiger partial charge on any atom is -0.508 e. The van der Waals surface area contributed by atoms with Gasteiger partial charge in [0.05, 0.1) is 0 Å². The van der Waals surface area contributed by atoms with Gasteiger partial charge in [-0.15, -0.1) is 0 Å². The molecule has 2 aromatic carbocycles. The van der Waals surface area contributed by atoms with Crippen LogP contribution in [0.3, 0.4) is 0 Å². The minimum absolute atomic E-state index is 0.0700. The molecule has 0 bridgehead atoms. The molecule has 1 spiro atoms. The molecule has 0 radical (unpaired) electrons. The van der Waals surface area contributed by atoms with Gasteiger partial charge in [-0.1, -0.05) is 12.1 Å². The molecular weight excluding hydrogens is 320 g/mol. The van der Waals surface area contributed by atoms with E-state index in [-0.39, 0.29) is 23.3 Å². The molecule has 25 heavy (non-hydrogen) atoms. The Morgan fingerprint density at radius 3 is 1.60 bits per heavy atom. The van der Waals surface area contributed by atoms with Crippen molar-refractivity contribution >= 4 is 23.2 Å². The van der Waals surface area contributed by atoms with Crippen molar-refractivity contribution in [2.75, 3.05) is 9.80 Å². The molecule has 2 heterocycles. The van der Waals surface area contributed by atoms with E-state index in [1.54, 1.807) is 46.2 Å². The summed E-state index contributed by atoms with van der Waals surface area (Å²) in [7, 11) is 0. The van der Waals surface area contributed by atoms with Crippen LogP contribution in [0.1, 0.15) is 25.7 Å². The van der Waals surface area contributed by atoms with Crippen molar-refractivity contribution in [1.82, 2.24) is 0 Å². The molecular formula is C19H18N2O4. The fraction of sp³-hybridized carbons (Fsp3) is 0.263. The molecule has 2 aliphatic rings. The largest absolute Gasteiger partial charge is 0.508 e. The van der Waals surface area contributed by atoms with E-state index >= 15 is 0 Å². The van der Waals surface area contributed by atoms with Crippen LogP contribution in [-0.4, -0.2) is 27.7 Å². The topological polar surface area (TPSA) is 81.1 Å². The number of anilines is 2. The molecule has 2 aromatic rings. The smallest absolute Gasteiger partial charge is 0.229 e. The lowest BCUT2D eigenvalue weighted by Gasteiger charge is -2.42. The van der Waals surface area contributed by atoms with Crippen LogP contribution in [0, 0.1) is 0 Å². The average Bonchev–Trinajstić information content (AvgIpc) is 3.08. The molecule has 2 saturated heterocycles. The van der Waals surface area contributed by atoms with Crippen molar-refractivity contribution in [3.63, 3.8) is 0 Å². The van der Waals surface area contributed by atoms with Gasteiger partial charge in [0.1, 0.15) is 17.2 Å². The van der Waals surface area contributed by atoms with Crippen LogP contribution in [0.25, 0.3) is 0 Å². The van der Waals surface area contributed by atoms with E-state index < -0.39 is 5.66 Å². The van der Waals surface area contributed by atoms with E-state index in [0.717, 1.165) is 0 Å². The van der Waals surface area contributed by atoms with Crippen LogP contribution >= 0.6 is 0 Å². The summed E-state index contributed by atoms with van der Waals surface area (Å²) in [6, 6.07) is 13.0. The van der Waals surface area contributed by atoms with Crippen LogP contribution in [0.5, 0.6) is 11.5 Å². The molecule has 0 saturated carbocycles. The lowest BCUT2D eigenvalue weighted by Crippen LogP contribution is -2.56. The highest BCUT2D eigenvalue weighted by atomic mass is 16.3. The quantitative estimate of drug-likeness (QED) is 0.882. The summed E-state index contributed by atoms with van der Waals surface area (Å²) in [4.78, 5) is 28.6. The summed E-state index contributed by atoms with van der Waals surface area (Å²) < 4.78 is 0. The van der Waals surface area contributed by atoms with Gasteiger partial charge in [-0.05, 0) is 37.1 Å². The fourth-order valence-corrected chi connectivity index (χ4v) is 4.01. The third-order valence-electron chi connectivity index (χ3n) is 4.99. The number of phenols is 2. The highest BCUT2D eigenvalue weighted by molar-refractivity contribution is 6.05. The fourth-order valence-electron chi connectivity index (χ4n) is 4.01. The Hall–Kier alpha value is -3.02. The molecule has 6 nitrogen and oxygen atoms in total. The van der Waals surface area contributed by atoms with Gasteiger partial charge in [0.25, 0.3) is 0 Å². The normalized spacial score (nSPS) is 19.2. The molecule has 0 aliphatic carbocycles. The second kappa shape index (κ2) is 5.51. The van der Waals surface area contributed by atoms with E-state index in [2.05, 4.69) is 0 Å². The van der Waals surface area contributed by atoms with Gasteiger partial charge in [-0.3, -0.25) is 19.4 Å². The third kappa shape index (κ3) is 2.33. The van der Waals surface area contributed by atoms with Gasteiger partial charge in [-0.2, -0.15) is 0 Å². The maximum absolute atomic E-state index is 12.7. The van der Waals surface area contributed by atoms with Crippen LogP contribution < -0.4 is 9.80 Å². The summed E-state index contributed by atoms with van der Waals surface area (Å²) in [6.07, 6.45) is 1.70. The predicted molar refractivity (Wildman–Crippen MR) is 92.4 cm³/mol. The molecule has 6 heteroatoms. The number of carbonyl (C=O) groups excluding carboxylic acids is 2. The Morgan fingerprint density at radius 1 is 0.760 bits per heavy atom. The number of hydrogen-bond acceptors (Lipinski definition) is 4. The standard InChI is InChI=1S/C19H18N2O4/c22-15-5-1-3-13(11-15)20-17(24)7-9-19(20)10-8-18(25)21(19)14-4-2-6-16(23)12-14/h1-6,11-12,22-23H,7-10H2. The van der Waals surface area contributed by atoms with Crippen LogP contribution in [0.2, 0.25) is 0 Å². The van der Waals surface area contributed by atoms with Gasteiger partial charge in [-0.25, -0.2) is 0 Å². The van der Waals surface area contributed by atoms with Crippen LogP contribution in [0.4, 0.5) is 11.4 Å². The second-order valence-electron chi connectivity index (χ2n) is 6.48. The minimum atomic E-state index is -0.796. The molecule has 0 aromatic heterocycles. The number of aromatic hydroxyl groups is 2. The summed E-state index contributed by atoms with van der Waals surface area (Å²) in [5.74, 6) is -0.0166. The molecule has 2 amide bonds. The average molecular weight is 338 g/mol. The Kier molecular flexibility index (Phi) is 3.42. The van der Waals surface area contributed by atoms with E-state index in [1.807, 2.05) is 0 Å². The van der Waals surface area contributed by atoms with E-state index in [0.29, 0.717) is 37.1 Å². The van der Waals surface area contributed by atoms with E-state index in [1.165, 1.54) is 12.1 Å². The maximum atomic E-state index is 12.7. The zero-order valence-corrected chi connectivity index (χ0v) is 13.6. The molecule has 2 fully saturated rings. The first-order valence-corrected chi connectivity index (χ1v) is 8.25. The highest BCUT2D eigenvalue weighted by Crippen LogP contribution is 2.47. The first kappa shape index (κ1) is 15.5. The first-order valence-electron chi connectivity index (χ1n) is 8.25. The van der Waals surface area contributed by atoms with Crippen LogP contribution in [-0.2, 0) is 9.59 Å². The van der Waals surface area contributed by atoms with Crippen molar-refractivity contribution in [2.24, 2.45) is 0 Å². The van der Waals surface area contributed by atoms with Crippen molar-refractivity contribution in [2.45, 2.75) is 31.3 Å². The number of phenolic OH excluding ortho intramolecular Hbond substituents is 2. The molecule has 0 unspecified atom stereocenters. The summed E-state index contributed by atoms with van der Waals surface area (Å²) in [5, 5.41) is 19.6. The van der Waals surface area contributed by atoms with Crippen molar-refractivity contribution < 1.29 is 19.8 Å². The second-order valence-corrected chi connectivity index (χ2v) is 6.48. The van der Waals surface area contributed by atoms with Gasteiger partial charge < -0.3 is 10.2 Å². The highest BCUT2D eigenvalue weighted by Gasteiger charge is 2.56. The maximum Gasteiger partial charge on any atom is 0.229 e. The molecule has 128 valence electrons. The first-order chi connectivity index (χ1) is 12.0. The van der Waals surface area contributed by atoms with Crippen molar-refractivity contribution in [3.05, 3.63) is 48.5 Å². The van der Waals surface area contributed by atoms with Crippen molar-refractivity contribution in [3.8, 4) is 11.5 Å². The summed E-state index contributed by atoms with van der Waals surface area (Å²) >= 11 is 0. The summed E-state index contributed by atoms with van der Waals surface area (Å²) in [6.45, 7) is 0. The third-order valence-corrected chi connectivity index (χ3v) is 4.99. The lowest BCUT2D eigenvalue weighted by molar-refractivity contribution is -0.117. The van der Waals surface area contributed by atoms with E-state index in [9.17, 15) is 19.8 Å². The number of nitrogens with zero attached hydrogens (tertiary/aromatic N) is 2. The number of carbonyl (C=O) groups is 2. The van der Waals surface area contributed by atoms with Crippen LogP contribution in [0.15, 0.2) is 48.5 Å². The molecule has 0 atom stereocenters. The van der Waals surface area contributed by atoms with Gasteiger partial charge in [0.15, 0.2) is 0 Å². The molecule has 2 N–H and O–H groups in total. The Bertz CT molecular complexity index is 793. The lowest BCUT2D eigenvalue weighted by atomic mass is 10.0. The Balaban J connectivity index is 1.85. The molecule has 2 aliphatic heterocycles. The Labute approximate surface area is 144 Å². The van der Waals surface area contributed by atoms with Gasteiger partial charge >= 0.3 is 0 Å². The van der Waals surface area contributed by atoms with Gasteiger partial charge in [0.2, 0.25) is 11.8 Å². The molecule has 4 rings (SSSR count). The monoisotopic (exact) mass is 338 g/mol. The van der Waals surface area contributed by atoms with Gasteiger partial charge in [0, 0.05) is 36.3 Å². The SMILES string of the molecule is O=C1CCC2(CCC(=O)N2c2cccc(O)c2)N1c1cccc(O)c1. The number of hydrogen-bond donors (Lipinski definition) is 2. The number of amides is 2. The zero-order valence-electron chi connectivity index (χ0n) is 13.6. The van der Waals surface area contributed by atoms with Crippen molar-refractivity contribution in [1.29, 1.82) is 0 Å². The number of benzene rings is 2. The summed E-state index contributed by atoms with van der Waals surface area (Å²) in [5.41, 5.74) is 0.347. The Morgan fingerprint density at radius 2 is 1.20 bits per heavy atom. The predicted octanol–water partition coefficient (Wildman–Crippen LogP) is 2.75. The van der Waals surface area contributed by atoms with E-state index in [4.69, 9.17) is 0 Å². The number of rotatable bonds is 2. The zero-order chi connectivity index (χ0) is 17.6.